The lowest BCUT2D eigenvalue weighted by molar-refractivity contribution is -0.129. The monoisotopic (exact) mass is 434 g/mol. The van der Waals surface area contributed by atoms with Crippen LogP contribution in [0.3, 0.4) is 0 Å². The lowest BCUT2D eigenvalue weighted by atomic mass is 10.1. The molecular weight excluding hydrogens is 412 g/mol. The zero-order valence-corrected chi connectivity index (χ0v) is 16.5. The molecule has 0 radical (unpaired) electrons. The molecule has 7 heteroatoms. The van der Waals surface area contributed by atoms with Gasteiger partial charge in [-0.3, -0.25) is 14.8 Å². The average Bonchev–Trinajstić information content (AvgIpc) is 2.66. The van der Waals surface area contributed by atoms with Crippen LogP contribution in [0.5, 0.6) is 5.75 Å². The highest BCUT2D eigenvalue weighted by atomic mass is 79.9. The second-order valence-corrected chi connectivity index (χ2v) is 7.11. The normalized spacial score (nSPS) is 10.4. The Kier molecular flexibility index (Phi) is 8.29. The summed E-state index contributed by atoms with van der Waals surface area (Å²) >= 11 is 3.43. The first-order valence-electron chi connectivity index (χ1n) is 8.77. The first-order valence-corrected chi connectivity index (χ1v) is 9.56. The highest BCUT2D eigenvalue weighted by Crippen LogP contribution is 2.29. The van der Waals surface area contributed by atoms with Crippen molar-refractivity contribution < 1.29 is 19.9 Å². The van der Waals surface area contributed by atoms with Gasteiger partial charge in [-0.1, -0.05) is 46.6 Å². The molecule has 3 N–H and O–H groups in total. The van der Waals surface area contributed by atoms with Gasteiger partial charge in [-0.05, 0) is 42.7 Å². The molecule has 2 rings (SSSR count). The molecule has 0 saturated heterocycles. The number of unbranched alkanes of at least 4 members (excludes halogenated alkanes) is 2. The second-order valence-electron chi connectivity index (χ2n) is 6.19. The maximum absolute atomic E-state index is 12.8. The van der Waals surface area contributed by atoms with E-state index in [9.17, 15) is 14.7 Å². The Labute approximate surface area is 166 Å². The van der Waals surface area contributed by atoms with Crippen LogP contribution >= 0.6 is 15.9 Å². The molecule has 0 spiro atoms. The van der Waals surface area contributed by atoms with Crippen molar-refractivity contribution in [1.82, 2.24) is 5.48 Å². The Morgan fingerprint density at radius 2 is 1.74 bits per heavy atom. The number of hydroxylamine groups is 1. The van der Waals surface area contributed by atoms with Gasteiger partial charge in [0, 0.05) is 17.3 Å². The molecule has 27 heavy (non-hydrogen) atoms. The summed E-state index contributed by atoms with van der Waals surface area (Å²) in [4.78, 5) is 25.4. The van der Waals surface area contributed by atoms with E-state index in [2.05, 4.69) is 15.9 Å². The van der Waals surface area contributed by atoms with E-state index in [0.717, 1.165) is 10.0 Å². The lowest BCUT2D eigenvalue weighted by Crippen LogP contribution is -2.30. The highest BCUT2D eigenvalue weighted by molar-refractivity contribution is 9.10. The van der Waals surface area contributed by atoms with Gasteiger partial charge in [-0.15, -0.1) is 0 Å². The van der Waals surface area contributed by atoms with E-state index in [1.165, 1.54) is 0 Å². The minimum absolute atomic E-state index is 0.0560. The number of amides is 2. The maximum atomic E-state index is 12.8. The number of carbonyl (C=O) groups excluding carboxylic acids is 2. The van der Waals surface area contributed by atoms with Gasteiger partial charge in [0.05, 0.1) is 12.2 Å². The number of nitrogens with zero attached hydrogens (tertiary/aromatic N) is 1. The van der Waals surface area contributed by atoms with Crippen LogP contribution in [-0.2, 0) is 16.1 Å². The third kappa shape index (κ3) is 6.69. The Bertz CT molecular complexity index is 782. The van der Waals surface area contributed by atoms with Gasteiger partial charge in [0.15, 0.2) is 0 Å². The van der Waals surface area contributed by atoms with Crippen molar-refractivity contribution in [3.05, 3.63) is 58.6 Å². The topological polar surface area (TPSA) is 89.9 Å². The van der Waals surface area contributed by atoms with E-state index in [0.29, 0.717) is 37.9 Å². The molecule has 0 bridgehead atoms. The highest BCUT2D eigenvalue weighted by Gasteiger charge is 2.19. The molecule has 0 unspecified atom stereocenters. The number of phenols is 1. The van der Waals surface area contributed by atoms with Crippen LogP contribution < -0.4 is 10.4 Å². The quantitative estimate of drug-likeness (QED) is 0.314. The molecule has 0 fully saturated rings. The number of benzene rings is 2. The van der Waals surface area contributed by atoms with E-state index < -0.39 is 5.91 Å². The number of anilines is 1. The molecule has 2 aromatic carbocycles. The van der Waals surface area contributed by atoms with Crippen LogP contribution in [0.4, 0.5) is 5.69 Å². The molecule has 0 aliphatic carbocycles. The molecule has 0 heterocycles. The molecular formula is C20H23BrN2O4. The van der Waals surface area contributed by atoms with Gasteiger partial charge in [-0.2, -0.15) is 0 Å². The van der Waals surface area contributed by atoms with Crippen molar-refractivity contribution in [2.24, 2.45) is 0 Å². The fourth-order valence-corrected chi connectivity index (χ4v) is 3.19. The van der Waals surface area contributed by atoms with Gasteiger partial charge >= 0.3 is 0 Å². The van der Waals surface area contributed by atoms with Crippen LogP contribution in [0, 0.1) is 0 Å². The van der Waals surface area contributed by atoms with Crippen LogP contribution in [0.2, 0.25) is 0 Å². The summed E-state index contributed by atoms with van der Waals surface area (Å²) in [5, 5.41) is 18.7. The van der Waals surface area contributed by atoms with Crippen LogP contribution in [0.25, 0.3) is 0 Å². The zero-order chi connectivity index (χ0) is 19.6. The predicted octanol–water partition coefficient (Wildman–Crippen LogP) is 4.14. The maximum Gasteiger partial charge on any atom is 0.243 e. The number of rotatable bonds is 9. The zero-order valence-electron chi connectivity index (χ0n) is 14.9. The Balaban J connectivity index is 2.04. The molecule has 0 aliphatic rings. The van der Waals surface area contributed by atoms with Crippen molar-refractivity contribution >= 4 is 33.4 Å². The number of para-hydroxylation sites is 2. The van der Waals surface area contributed by atoms with Crippen molar-refractivity contribution in [2.45, 2.75) is 38.6 Å². The van der Waals surface area contributed by atoms with Crippen molar-refractivity contribution in [2.75, 3.05) is 4.90 Å². The molecule has 0 aliphatic heterocycles. The van der Waals surface area contributed by atoms with Gasteiger partial charge in [0.2, 0.25) is 11.8 Å². The van der Waals surface area contributed by atoms with E-state index >= 15 is 0 Å². The Morgan fingerprint density at radius 1 is 1.00 bits per heavy atom. The summed E-state index contributed by atoms with van der Waals surface area (Å²) in [7, 11) is 0. The number of aromatic hydroxyl groups is 1. The number of hydrogen-bond acceptors (Lipinski definition) is 4. The summed E-state index contributed by atoms with van der Waals surface area (Å²) in [6, 6.07) is 14.5. The standard InChI is InChI=1S/C20H23BrN2O4/c21-16-8-6-7-15(13-16)14-23(17-9-4-5-10-18(17)24)20(26)12-3-1-2-11-19(25)22-27/h4-10,13,24,27H,1-3,11-12,14H2,(H,22,25). The summed E-state index contributed by atoms with van der Waals surface area (Å²) in [5.74, 6) is -0.463. The number of nitrogens with one attached hydrogen (secondary N) is 1. The molecule has 144 valence electrons. The summed E-state index contributed by atoms with van der Waals surface area (Å²) in [6.45, 7) is 0.350. The lowest BCUT2D eigenvalue weighted by Gasteiger charge is -2.24. The molecule has 0 aromatic heterocycles. The van der Waals surface area contributed by atoms with E-state index in [-0.39, 0.29) is 18.1 Å². The van der Waals surface area contributed by atoms with Gasteiger partial charge in [0.25, 0.3) is 0 Å². The fourth-order valence-electron chi connectivity index (χ4n) is 2.75. The molecule has 0 atom stereocenters. The SMILES string of the molecule is O=C(CCCCCC(=O)N(Cc1cccc(Br)c1)c1ccccc1O)NO. The molecule has 0 saturated carbocycles. The molecule has 6 nitrogen and oxygen atoms in total. The largest absolute Gasteiger partial charge is 0.506 e. The van der Waals surface area contributed by atoms with Crippen LogP contribution in [-0.4, -0.2) is 22.1 Å². The van der Waals surface area contributed by atoms with Crippen molar-refractivity contribution in [3.8, 4) is 5.75 Å². The van der Waals surface area contributed by atoms with Crippen molar-refractivity contribution in [3.63, 3.8) is 0 Å². The minimum atomic E-state index is -0.424. The number of carbonyl (C=O) groups is 2. The smallest absolute Gasteiger partial charge is 0.243 e. The van der Waals surface area contributed by atoms with Crippen molar-refractivity contribution in [1.29, 1.82) is 0 Å². The third-order valence-corrected chi connectivity index (χ3v) is 4.62. The average molecular weight is 435 g/mol. The third-order valence-electron chi connectivity index (χ3n) is 4.12. The number of phenolic OH excluding ortho intramolecular Hbond substituents is 1. The summed E-state index contributed by atoms with van der Waals surface area (Å²) in [6.07, 6.45) is 2.46. The Morgan fingerprint density at radius 3 is 2.44 bits per heavy atom. The second kappa shape index (κ2) is 10.7. The van der Waals surface area contributed by atoms with Crippen LogP contribution in [0.15, 0.2) is 53.0 Å². The van der Waals surface area contributed by atoms with E-state index in [1.54, 1.807) is 34.6 Å². The number of hydrogen-bond donors (Lipinski definition) is 3. The van der Waals surface area contributed by atoms with Gasteiger partial charge < -0.3 is 10.0 Å². The molecule has 2 aromatic rings. The minimum Gasteiger partial charge on any atom is -0.506 e. The van der Waals surface area contributed by atoms with Gasteiger partial charge in [0.1, 0.15) is 5.75 Å². The summed E-state index contributed by atoms with van der Waals surface area (Å²) < 4.78 is 0.923. The summed E-state index contributed by atoms with van der Waals surface area (Å²) in [5.41, 5.74) is 3.02. The van der Waals surface area contributed by atoms with E-state index in [4.69, 9.17) is 5.21 Å². The number of halogens is 1. The molecule has 2 amide bonds. The van der Waals surface area contributed by atoms with Crippen LogP contribution in [0.1, 0.15) is 37.7 Å². The fraction of sp³-hybridized carbons (Fsp3) is 0.300. The Hall–Kier alpha value is -2.38. The van der Waals surface area contributed by atoms with Gasteiger partial charge in [-0.25, -0.2) is 5.48 Å². The predicted molar refractivity (Wildman–Crippen MR) is 106 cm³/mol. The first-order chi connectivity index (χ1) is 13.0. The first kappa shape index (κ1) is 20.9. The van der Waals surface area contributed by atoms with E-state index in [1.807, 2.05) is 24.3 Å².